The van der Waals surface area contributed by atoms with E-state index in [1.54, 1.807) is 6.07 Å². The number of pyridine rings is 1. The molecule has 1 aromatic rings. The molecule has 16 heavy (non-hydrogen) atoms. The second-order valence-corrected chi connectivity index (χ2v) is 3.93. The zero-order valence-corrected chi connectivity index (χ0v) is 9.57. The summed E-state index contributed by atoms with van der Waals surface area (Å²) < 4.78 is 5.37. The molecule has 0 aliphatic carbocycles. The summed E-state index contributed by atoms with van der Waals surface area (Å²) in [6, 6.07) is 5.51. The lowest BCUT2D eigenvalue weighted by atomic mass is 10.3. The van der Waals surface area contributed by atoms with E-state index >= 15 is 0 Å². The summed E-state index contributed by atoms with van der Waals surface area (Å²) in [6.07, 6.45) is 0.982. The number of hydrogen-bond acceptors (Lipinski definition) is 4. The smallest absolute Gasteiger partial charge is 0.153 e. The van der Waals surface area contributed by atoms with Gasteiger partial charge in [-0.1, -0.05) is 11.6 Å². The molecule has 0 spiro atoms. The molecule has 1 aromatic heterocycles. The molecular weight excluding hydrogens is 226 g/mol. The van der Waals surface area contributed by atoms with Crippen LogP contribution in [0.5, 0.6) is 0 Å². The highest BCUT2D eigenvalue weighted by molar-refractivity contribution is 6.32. The Balaban J connectivity index is 2.22. The maximum Gasteiger partial charge on any atom is 0.153 e. The van der Waals surface area contributed by atoms with Crippen molar-refractivity contribution in [2.24, 2.45) is 0 Å². The molecule has 1 fully saturated rings. The zero-order chi connectivity index (χ0) is 11.4. The Kier molecular flexibility index (Phi) is 3.60. The summed E-state index contributed by atoms with van der Waals surface area (Å²) in [5, 5.41) is 9.09. The SMILES string of the molecule is N#Cc1ccc(N2CCCOCC2)c(Cl)n1. The summed E-state index contributed by atoms with van der Waals surface area (Å²) in [7, 11) is 0. The Morgan fingerprint density at radius 3 is 3.00 bits per heavy atom. The average molecular weight is 238 g/mol. The zero-order valence-electron chi connectivity index (χ0n) is 8.82. The molecule has 0 atom stereocenters. The van der Waals surface area contributed by atoms with Crippen molar-refractivity contribution in [3.8, 4) is 6.07 Å². The molecule has 0 aromatic carbocycles. The Morgan fingerprint density at radius 1 is 1.38 bits per heavy atom. The molecule has 0 bridgehead atoms. The molecule has 4 nitrogen and oxygen atoms in total. The number of aromatic nitrogens is 1. The summed E-state index contributed by atoms with van der Waals surface area (Å²) in [6.45, 7) is 3.22. The van der Waals surface area contributed by atoms with Gasteiger partial charge in [0, 0.05) is 19.7 Å². The first-order valence-electron chi connectivity index (χ1n) is 5.20. The lowest BCUT2D eigenvalue weighted by Gasteiger charge is -2.22. The molecule has 2 rings (SSSR count). The van der Waals surface area contributed by atoms with Crippen molar-refractivity contribution in [1.29, 1.82) is 5.26 Å². The molecule has 1 saturated heterocycles. The van der Waals surface area contributed by atoms with Crippen LogP contribution < -0.4 is 4.90 Å². The van der Waals surface area contributed by atoms with Crippen molar-refractivity contribution in [1.82, 2.24) is 4.98 Å². The highest BCUT2D eigenvalue weighted by Crippen LogP contribution is 2.24. The minimum Gasteiger partial charge on any atom is -0.380 e. The minimum atomic E-state index is 0.347. The molecule has 0 radical (unpaired) electrons. The van der Waals surface area contributed by atoms with Crippen LogP contribution in [0.2, 0.25) is 5.15 Å². The van der Waals surface area contributed by atoms with Crippen LogP contribution in [0.15, 0.2) is 12.1 Å². The van der Waals surface area contributed by atoms with E-state index in [-0.39, 0.29) is 0 Å². The lowest BCUT2D eigenvalue weighted by molar-refractivity contribution is 0.152. The summed E-state index contributed by atoms with van der Waals surface area (Å²) in [5.74, 6) is 0. The maximum atomic E-state index is 8.70. The van der Waals surface area contributed by atoms with Gasteiger partial charge in [0.2, 0.25) is 0 Å². The van der Waals surface area contributed by atoms with Gasteiger partial charge in [-0.05, 0) is 18.6 Å². The lowest BCUT2D eigenvalue weighted by Crippen LogP contribution is -2.26. The van der Waals surface area contributed by atoms with Gasteiger partial charge in [-0.3, -0.25) is 0 Å². The van der Waals surface area contributed by atoms with Gasteiger partial charge in [-0.15, -0.1) is 0 Å². The fraction of sp³-hybridized carbons (Fsp3) is 0.455. The molecule has 2 heterocycles. The average Bonchev–Trinajstić information content (AvgIpc) is 2.57. The summed E-state index contributed by atoms with van der Waals surface area (Å²) in [5.41, 5.74) is 1.23. The van der Waals surface area contributed by atoms with Crippen molar-refractivity contribution in [3.63, 3.8) is 0 Å². The second-order valence-electron chi connectivity index (χ2n) is 3.57. The first-order valence-corrected chi connectivity index (χ1v) is 5.58. The highest BCUT2D eigenvalue weighted by atomic mass is 35.5. The van der Waals surface area contributed by atoms with E-state index in [1.165, 1.54) is 0 Å². The topological polar surface area (TPSA) is 49.2 Å². The third-order valence-electron chi connectivity index (χ3n) is 2.51. The summed E-state index contributed by atoms with van der Waals surface area (Å²) >= 11 is 6.05. The predicted molar refractivity (Wildman–Crippen MR) is 61.6 cm³/mol. The van der Waals surface area contributed by atoms with Gasteiger partial charge in [-0.2, -0.15) is 5.26 Å². The Labute approximate surface area is 99.4 Å². The van der Waals surface area contributed by atoms with Gasteiger partial charge >= 0.3 is 0 Å². The molecule has 1 aliphatic rings. The van der Waals surface area contributed by atoms with E-state index in [0.717, 1.165) is 31.8 Å². The van der Waals surface area contributed by atoms with Crippen LogP contribution in [0.25, 0.3) is 0 Å². The molecule has 84 valence electrons. The first kappa shape index (κ1) is 11.2. The quantitative estimate of drug-likeness (QED) is 0.700. The highest BCUT2D eigenvalue weighted by Gasteiger charge is 2.14. The Bertz CT molecular complexity index is 408. The van der Waals surface area contributed by atoms with Crippen molar-refractivity contribution in [2.75, 3.05) is 31.2 Å². The van der Waals surface area contributed by atoms with Crippen LogP contribution in [0.3, 0.4) is 0 Å². The van der Waals surface area contributed by atoms with Crippen LogP contribution in [-0.4, -0.2) is 31.3 Å². The monoisotopic (exact) mass is 237 g/mol. The minimum absolute atomic E-state index is 0.347. The van der Waals surface area contributed by atoms with Crippen LogP contribution in [-0.2, 0) is 4.74 Å². The van der Waals surface area contributed by atoms with Crippen LogP contribution in [0.1, 0.15) is 12.1 Å². The Hall–Kier alpha value is -1.31. The molecule has 1 aliphatic heterocycles. The number of nitriles is 1. The van der Waals surface area contributed by atoms with Crippen LogP contribution in [0, 0.1) is 11.3 Å². The third kappa shape index (κ3) is 2.43. The fourth-order valence-electron chi connectivity index (χ4n) is 1.71. The van der Waals surface area contributed by atoms with Gasteiger partial charge in [0.1, 0.15) is 11.8 Å². The second kappa shape index (κ2) is 5.15. The van der Waals surface area contributed by atoms with Gasteiger partial charge in [0.05, 0.1) is 12.3 Å². The Morgan fingerprint density at radius 2 is 2.25 bits per heavy atom. The number of rotatable bonds is 1. The van der Waals surface area contributed by atoms with E-state index in [4.69, 9.17) is 21.6 Å². The van der Waals surface area contributed by atoms with Crippen LogP contribution in [0.4, 0.5) is 5.69 Å². The molecular formula is C11H12ClN3O. The fourth-order valence-corrected chi connectivity index (χ4v) is 1.99. The molecule has 0 saturated carbocycles. The molecule has 0 amide bonds. The third-order valence-corrected chi connectivity index (χ3v) is 2.78. The largest absolute Gasteiger partial charge is 0.380 e. The number of ether oxygens (including phenoxy) is 1. The van der Waals surface area contributed by atoms with E-state index < -0.39 is 0 Å². The van der Waals surface area contributed by atoms with E-state index in [1.807, 2.05) is 12.1 Å². The standard InChI is InChI=1S/C11H12ClN3O/c12-11-10(3-2-9(8-13)14-11)15-4-1-6-16-7-5-15/h2-3H,1,4-7H2. The van der Waals surface area contributed by atoms with Gasteiger partial charge in [0.25, 0.3) is 0 Å². The van der Waals surface area contributed by atoms with Crippen molar-refractivity contribution >= 4 is 17.3 Å². The number of halogens is 1. The van der Waals surface area contributed by atoms with Gasteiger partial charge < -0.3 is 9.64 Å². The van der Waals surface area contributed by atoms with E-state index in [9.17, 15) is 0 Å². The van der Waals surface area contributed by atoms with Crippen LogP contribution >= 0.6 is 11.6 Å². The number of hydrogen-bond donors (Lipinski definition) is 0. The summed E-state index contributed by atoms with van der Waals surface area (Å²) in [4.78, 5) is 6.16. The normalized spacial score (nSPS) is 16.6. The molecule has 0 unspecified atom stereocenters. The van der Waals surface area contributed by atoms with Crippen molar-refractivity contribution < 1.29 is 4.74 Å². The van der Waals surface area contributed by atoms with E-state index in [2.05, 4.69) is 9.88 Å². The molecule has 0 N–H and O–H groups in total. The number of nitrogens with zero attached hydrogens (tertiary/aromatic N) is 3. The van der Waals surface area contributed by atoms with Crippen molar-refractivity contribution in [2.45, 2.75) is 6.42 Å². The number of anilines is 1. The predicted octanol–water partition coefficient (Wildman–Crippen LogP) is 1.83. The van der Waals surface area contributed by atoms with Crippen molar-refractivity contribution in [3.05, 3.63) is 23.0 Å². The first-order chi connectivity index (χ1) is 7.81. The van der Waals surface area contributed by atoms with E-state index in [0.29, 0.717) is 17.5 Å². The van der Waals surface area contributed by atoms with Gasteiger partial charge in [-0.25, -0.2) is 4.98 Å². The molecule has 5 heteroatoms. The van der Waals surface area contributed by atoms with Gasteiger partial charge in [0.15, 0.2) is 5.15 Å². The maximum absolute atomic E-state index is 8.70.